The van der Waals surface area contributed by atoms with Crippen molar-refractivity contribution >= 4 is 54.0 Å². The second-order valence-electron chi connectivity index (χ2n) is 6.28. The van der Waals surface area contributed by atoms with Crippen LogP contribution in [-0.4, -0.2) is 88.3 Å². The Morgan fingerprint density at radius 3 is 1.97 bits per heavy atom. The molecular weight excluding hydrogens is 438 g/mol. The normalized spacial score (nSPS) is 14.7. The highest BCUT2D eigenvalue weighted by Gasteiger charge is 2.29. The number of rotatable bonds is 15. The van der Waals surface area contributed by atoms with Gasteiger partial charge in [0.1, 0.15) is 18.1 Å². The van der Waals surface area contributed by atoms with Crippen LogP contribution in [0.25, 0.3) is 0 Å². The Morgan fingerprint density at radius 2 is 1.50 bits per heavy atom. The summed E-state index contributed by atoms with van der Waals surface area (Å²) in [6, 6.07) is -4.87. The van der Waals surface area contributed by atoms with E-state index in [1.54, 1.807) is 6.26 Å². The molecule has 0 aromatic rings. The van der Waals surface area contributed by atoms with Gasteiger partial charge in [0.05, 0.1) is 12.6 Å². The third-order valence-electron chi connectivity index (χ3n) is 3.89. The molecule has 4 amide bonds. The Balaban J connectivity index is 5.20. The average Bonchev–Trinajstić information content (AvgIpc) is 2.70. The fraction of sp³-hybridized carbons (Fsp3) is 0.688. The van der Waals surface area contributed by atoms with Crippen molar-refractivity contribution in [2.75, 3.05) is 24.4 Å². The zero-order chi connectivity index (χ0) is 23.3. The summed E-state index contributed by atoms with van der Waals surface area (Å²) in [6.07, 6.45) is 1.47. The number of amides is 4. The number of carbonyl (C=O) groups is 5. The van der Waals surface area contributed by atoms with Crippen LogP contribution in [-0.2, 0) is 24.0 Å². The highest BCUT2D eigenvalue weighted by Crippen LogP contribution is 2.05. The fourth-order valence-electron chi connectivity index (χ4n) is 2.15. The Kier molecular flexibility index (Phi) is 13.9. The van der Waals surface area contributed by atoms with Gasteiger partial charge < -0.3 is 37.6 Å². The van der Waals surface area contributed by atoms with Gasteiger partial charge in [-0.05, 0) is 24.9 Å². The first kappa shape index (κ1) is 28.0. The number of aliphatic hydroxyl groups excluding tert-OH is 1. The van der Waals surface area contributed by atoms with Crippen molar-refractivity contribution in [3.05, 3.63) is 0 Å². The van der Waals surface area contributed by atoms with E-state index in [1.807, 2.05) is 0 Å². The Hall–Kier alpha value is -2.03. The number of hydrogen-bond donors (Lipinski definition) is 8. The highest BCUT2D eigenvalue weighted by molar-refractivity contribution is 7.98. The van der Waals surface area contributed by atoms with E-state index in [9.17, 15) is 34.2 Å². The van der Waals surface area contributed by atoms with Crippen LogP contribution in [0.4, 0.5) is 0 Å². The number of carbonyl (C=O) groups excluding carboxylic acids is 4. The zero-order valence-electron chi connectivity index (χ0n) is 16.5. The van der Waals surface area contributed by atoms with Crippen LogP contribution in [0.3, 0.4) is 0 Å². The molecule has 0 bridgehead atoms. The van der Waals surface area contributed by atoms with Crippen molar-refractivity contribution in [3.8, 4) is 0 Å². The molecule has 0 fully saturated rings. The van der Waals surface area contributed by atoms with Crippen molar-refractivity contribution in [2.24, 2.45) is 11.5 Å². The molecule has 0 heterocycles. The highest BCUT2D eigenvalue weighted by atomic mass is 32.2. The number of carboxylic acids is 1. The molecule has 9 N–H and O–H groups in total. The minimum Gasteiger partial charge on any atom is -0.480 e. The van der Waals surface area contributed by atoms with Gasteiger partial charge in [-0.3, -0.25) is 19.2 Å². The molecule has 0 aromatic heterocycles. The standard InChI is InChI=1S/C16H29N5O7S2/c1-30-5-4-9(14(25)20-10(16(27)28)2-3-12(18)23)19-15(26)11(6-22)21-13(24)8(17)7-29/h8-11,22,29H,2-7,17H2,1H3,(H2,18,23)(H,19,26)(H,20,25)(H,21,24)(H,27,28). The van der Waals surface area contributed by atoms with Crippen LogP contribution in [0.2, 0.25) is 0 Å². The average molecular weight is 468 g/mol. The lowest BCUT2D eigenvalue weighted by Crippen LogP contribution is -2.58. The third kappa shape index (κ3) is 10.7. The topological polar surface area (TPSA) is 214 Å². The van der Waals surface area contributed by atoms with Crippen molar-refractivity contribution in [1.82, 2.24) is 16.0 Å². The molecule has 172 valence electrons. The summed E-state index contributed by atoms with van der Waals surface area (Å²) in [7, 11) is 0. The van der Waals surface area contributed by atoms with Crippen LogP contribution in [0.15, 0.2) is 0 Å². The minimum absolute atomic E-state index is 0.0201. The quantitative estimate of drug-likeness (QED) is 0.114. The van der Waals surface area contributed by atoms with Gasteiger partial charge in [-0.15, -0.1) is 0 Å². The number of aliphatic carboxylic acids is 1. The number of thioether (sulfide) groups is 1. The second-order valence-corrected chi connectivity index (χ2v) is 7.63. The lowest BCUT2D eigenvalue weighted by Gasteiger charge is -2.24. The first-order valence-corrected chi connectivity index (χ1v) is 11.0. The van der Waals surface area contributed by atoms with Crippen LogP contribution in [0, 0.1) is 0 Å². The van der Waals surface area contributed by atoms with E-state index in [0.29, 0.717) is 5.75 Å². The summed E-state index contributed by atoms with van der Waals surface area (Å²) in [5, 5.41) is 25.5. The molecule has 4 atom stereocenters. The predicted octanol–water partition coefficient (Wildman–Crippen LogP) is -3.21. The fourth-order valence-corrected chi connectivity index (χ4v) is 2.79. The van der Waals surface area contributed by atoms with Gasteiger partial charge in [0, 0.05) is 12.2 Å². The van der Waals surface area contributed by atoms with Gasteiger partial charge >= 0.3 is 5.97 Å². The van der Waals surface area contributed by atoms with Crippen LogP contribution in [0.5, 0.6) is 0 Å². The monoisotopic (exact) mass is 467 g/mol. The number of hydrogen-bond acceptors (Lipinski definition) is 9. The van der Waals surface area contributed by atoms with Crippen molar-refractivity contribution in [2.45, 2.75) is 43.4 Å². The number of aliphatic hydroxyl groups is 1. The summed E-state index contributed by atoms with van der Waals surface area (Å²) < 4.78 is 0. The molecule has 0 aliphatic carbocycles. The Labute approximate surface area is 183 Å². The van der Waals surface area contributed by atoms with E-state index in [4.69, 9.17) is 11.5 Å². The van der Waals surface area contributed by atoms with Crippen molar-refractivity contribution in [1.29, 1.82) is 0 Å². The lowest BCUT2D eigenvalue weighted by molar-refractivity contribution is -0.142. The van der Waals surface area contributed by atoms with Gasteiger partial charge in [-0.25, -0.2) is 4.79 Å². The lowest BCUT2D eigenvalue weighted by atomic mass is 10.1. The molecule has 0 saturated heterocycles. The smallest absolute Gasteiger partial charge is 0.326 e. The van der Waals surface area contributed by atoms with E-state index in [-0.39, 0.29) is 25.0 Å². The third-order valence-corrected chi connectivity index (χ3v) is 4.92. The van der Waals surface area contributed by atoms with E-state index >= 15 is 0 Å². The molecule has 0 aliphatic heterocycles. The second kappa shape index (κ2) is 14.9. The maximum atomic E-state index is 12.5. The molecular formula is C16H29N5O7S2. The zero-order valence-corrected chi connectivity index (χ0v) is 18.2. The molecule has 30 heavy (non-hydrogen) atoms. The molecule has 0 rings (SSSR count). The SMILES string of the molecule is CSCCC(NC(=O)C(CO)NC(=O)C(N)CS)C(=O)NC(CCC(N)=O)C(=O)O. The largest absolute Gasteiger partial charge is 0.480 e. The number of thiol groups is 1. The van der Waals surface area contributed by atoms with Gasteiger partial charge in [-0.1, -0.05) is 0 Å². The van der Waals surface area contributed by atoms with Crippen LogP contribution < -0.4 is 27.4 Å². The summed E-state index contributed by atoms with van der Waals surface area (Å²) >= 11 is 5.27. The maximum absolute atomic E-state index is 12.5. The Bertz CT molecular complexity index is 623. The Morgan fingerprint density at radius 1 is 0.967 bits per heavy atom. The number of nitrogens with one attached hydrogen (secondary N) is 3. The van der Waals surface area contributed by atoms with Crippen molar-refractivity contribution < 1.29 is 34.2 Å². The van der Waals surface area contributed by atoms with E-state index in [0.717, 1.165) is 0 Å². The molecule has 0 saturated carbocycles. The molecule has 14 heteroatoms. The summed E-state index contributed by atoms with van der Waals surface area (Å²) in [4.78, 5) is 59.0. The summed E-state index contributed by atoms with van der Waals surface area (Å²) in [6.45, 7) is -0.746. The molecule has 0 aliphatic rings. The molecule has 0 radical (unpaired) electrons. The number of nitrogens with two attached hydrogens (primary N) is 2. The number of primary amides is 1. The van der Waals surface area contributed by atoms with Gasteiger partial charge in [-0.2, -0.15) is 24.4 Å². The summed E-state index contributed by atoms with van der Waals surface area (Å²) in [5.41, 5.74) is 10.5. The predicted molar refractivity (Wildman–Crippen MR) is 114 cm³/mol. The minimum atomic E-state index is -1.37. The van der Waals surface area contributed by atoms with Crippen molar-refractivity contribution in [3.63, 3.8) is 0 Å². The van der Waals surface area contributed by atoms with E-state index < -0.39 is 60.4 Å². The first-order chi connectivity index (χ1) is 14.1. The maximum Gasteiger partial charge on any atom is 0.326 e. The summed E-state index contributed by atoms with van der Waals surface area (Å²) in [5.74, 6) is -3.94. The van der Waals surface area contributed by atoms with Crippen LogP contribution in [0.1, 0.15) is 19.3 Å². The van der Waals surface area contributed by atoms with Gasteiger partial charge in [0.15, 0.2) is 0 Å². The molecule has 0 spiro atoms. The first-order valence-electron chi connectivity index (χ1n) is 8.95. The number of carboxylic acid groups (broad SMARTS) is 1. The van der Waals surface area contributed by atoms with Gasteiger partial charge in [0.2, 0.25) is 23.6 Å². The molecule has 4 unspecified atom stereocenters. The van der Waals surface area contributed by atoms with E-state index in [1.165, 1.54) is 11.8 Å². The van der Waals surface area contributed by atoms with E-state index in [2.05, 4.69) is 28.6 Å². The molecule has 0 aromatic carbocycles. The van der Waals surface area contributed by atoms with Crippen LogP contribution >= 0.6 is 24.4 Å². The van der Waals surface area contributed by atoms with Gasteiger partial charge in [0.25, 0.3) is 0 Å². The molecule has 12 nitrogen and oxygen atoms in total.